The van der Waals surface area contributed by atoms with Crippen molar-refractivity contribution in [3.8, 4) is 44.5 Å². The van der Waals surface area contributed by atoms with Crippen molar-refractivity contribution >= 4 is 49.8 Å². The van der Waals surface area contributed by atoms with Crippen molar-refractivity contribution in [2.75, 3.05) is 4.90 Å². The maximum atomic E-state index is 6.34. The molecule has 0 spiro atoms. The number of rotatable bonds is 6. The molecule has 270 valence electrons. The first kappa shape index (κ1) is 33.2. The van der Waals surface area contributed by atoms with Crippen LogP contribution in [0, 0.1) is 0 Å². The molecule has 0 aliphatic heterocycles. The molecule has 1 aromatic heterocycles. The van der Waals surface area contributed by atoms with Gasteiger partial charge in [0.2, 0.25) is 0 Å². The van der Waals surface area contributed by atoms with Gasteiger partial charge in [-0.05, 0) is 109 Å². The quantitative estimate of drug-likeness (QED) is 0.169. The highest BCUT2D eigenvalue weighted by Gasteiger charge is 2.37. The standard InChI is InChI=1S/C55H39NO/c1-55(2)49-24-8-5-21-48(49)54-47(23-13-25-50(54)55)44-19-6-9-26-51(44)56(40-31-28-37(29-32-40)43-22-12-15-36-14-3-4-18-42(36)43)41-17-11-16-38(34-41)39-30-33-46-45-20-7-10-27-52(45)57-53(46)35-39/h3-35H,1-2H3. The van der Waals surface area contributed by atoms with Crippen LogP contribution >= 0.6 is 0 Å². The number of hydrogen-bond acceptors (Lipinski definition) is 2. The predicted octanol–water partition coefficient (Wildman–Crippen LogP) is 15.5. The Kier molecular flexibility index (Phi) is 7.55. The summed E-state index contributed by atoms with van der Waals surface area (Å²) >= 11 is 0. The maximum Gasteiger partial charge on any atom is 0.136 e. The molecule has 0 radical (unpaired) electrons. The van der Waals surface area contributed by atoms with Crippen LogP contribution in [0.15, 0.2) is 205 Å². The molecule has 0 unspecified atom stereocenters. The normalized spacial score (nSPS) is 12.9. The Balaban J connectivity index is 1.09. The molecule has 2 nitrogen and oxygen atoms in total. The van der Waals surface area contributed by atoms with Gasteiger partial charge in [0.05, 0.1) is 5.69 Å². The van der Waals surface area contributed by atoms with Gasteiger partial charge in [0.15, 0.2) is 0 Å². The molecule has 0 saturated heterocycles. The third-order valence-corrected chi connectivity index (χ3v) is 12.1. The SMILES string of the molecule is CC1(C)c2ccccc2-c2c(-c3ccccc3N(c3ccc(-c4cccc5ccccc45)cc3)c3cccc(-c4ccc5c(c4)oc4ccccc45)c3)cccc21. The number of hydrogen-bond donors (Lipinski definition) is 0. The summed E-state index contributed by atoms with van der Waals surface area (Å²) < 4.78 is 6.34. The van der Waals surface area contributed by atoms with E-state index >= 15 is 0 Å². The van der Waals surface area contributed by atoms with E-state index in [9.17, 15) is 0 Å². The van der Waals surface area contributed by atoms with E-state index < -0.39 is 0 Å². The monoisotopic (exact) mass is 729 g/mol. The first-order chi connectivity index (χ1) is 28.0. The molecular formula is C55H39NO. The Bertz CT molecular complexity index is 3160. The highest BCUT2D eigenvalue weighted by Crippen LogP contribution is 2.54. The average Bonchev–Trinajstić information content (AvgIpc) is 3.75. The number of furan rings is 1. The Hall–Kier alpha value is -7.16. The van der Waals surface area contributed by atoms with Crippen molar-refractivity contribution in [1.29, 1.82) is 0 Å². The second kappa shape index (κ2) is 13.0. The van der Waals surface area contributed by atoms with Gasteiger partial charge in [-0.2, -0.15) is 0 Å². The lowest BCUT2D eigenvalue weighted by Gasteiger charge is -2.29. The van der Waals surface area contributed by atoms with E-state index in [1.54, 1.807) is 0 Å². The van der Waals surface area contributed by atoms with Crippen LogP contribution in [0.3, 0.4) is 0 Å². The molecule has 11 rings (SSSR count). The van der Waals surface area contributed by atoms with Crippen molar-refractivity contribution in [2.45, 2.75) is 19.3 Å². The van der Waals surface area contributed by atoms with Crippen LogP contribution in [0.5, 0.6) is 0 Å². The summed E-state index contributed by atoms with van der Waals surface area (Å²) in [6.45, 7) is 4.71. The summed E-state index contributed by atoms with van der Waals surface area (Å²) in [7, 11) is 0. The summed E-state index contributed by atoms with van der Waals surface area (Å²) in [5.74, 6) is 0. The molecule has 10 aromatic rings. The molecule has 0 bridgehead atoms. The second-order valence-electron chi connectivity index (χ2n) is 15.7. The number of anilines is 3. The molecule has 0 N–H and O–H groups in total. The molecule has 1 heterocycles. The molecule has 9 aromatic carbocycles. The van der Waals surface area contributed by atoms with Gasteiger partial charge in [0.1, 0.15) is 11.2 Å². The summed E-state index contributed by atoms with van der Waals surface area (Å²) in [4.78, 5) is 2.43. The lowest BCUT2D eigenvalue weighted by molar-refractivity contribution is 0.660. The van der Waals surface area contributed by atoms with Gasteiger partial charge in [0, 0.05) is 33.1 Å². The molecule has 1 aliphatic rings. The fourth-order valence-electron chi connectivity index (χ4n) is 9.30. The van der Waals surface area contributed by atoms with Gasteiger partial charge >= 0.3 is 0 Å². The van der Waals surface area contributed by atoms with Crippen molar-refractivity contribution in [3.63, 3.8) is 0 Å². The minimum atomic E-state index is -0.0940. The van der Waals surface area contributed by atoms with Gasteiger partial charge < -0.3 is 9.32 Å². The van der Waals surface area contributed by atoms with Crippen molar-refractivity contribution < 1.29 is 4.42 Å². The Morgan fingerprint density at radius 2 is 1.00 bits per heavy atom. The summed E-state index contributed by atoms with van der Waals surface area (Å²) in [5, 5.41) is 4.77. The van der Waals surface area contributed by atoms with Crippen LogP contribution in [-0.4, -0.2) is 0 Å². The maximum absolute atomic E-state index is 6.34. The molecule has 0 fully saturated rings. The van der Waals surface area contributed by atoms with E-state index in [1.807, 2.05) is 12.1 Å². The van der Waals surface area contributed by atoms with Gasteiger partial charge in [-0.25, -0.2) is 0 Å². The molecule has 0 atom stereocenters. The molecule has 1 aliphatic carbocycles. The highest BCUT2D eigenvalue weighted by molar-refractivity contribution is 6.06. The topological polar surface area (TPSA) is 16.4 Å². The van der Waals surface area contributed by atoms with Gasteiger partial charge in [-0.3, -0.25) is 0 Å². The van der Waals surface area contributed by atoms with Crippen LogP contribution in [0.1, 0.15) is 25.0 Å². The van der Waals surface area contributed by atoms with Crippen molar-refractivity contribution in [2.24, 2.45) is 0 Å². The van der Waals surface area contributed by atoms with E-state index in [0.717, 1.165) is 50.1 Å². The zero-order valence-corrected chi connectivity index (χ0v) is 31.9. The summed E-state index contributed by atoms with van der Waals surface area (Å²) in [6, 6.07) is 72.7. The van der Waals surface area contributed by atoms with E-state index in [0.29, 0.717) is 0 Å². The van der Waals surface area contributed by atoms with E-state index in [-0.39, 0.29) is 5.41 Å². The Morgan fingerprint density at radius 1 is 0.386 bits per heavy atom. The number of para-hydroxylation sites is 2. The fourth-order valence-corrected chi connectivity index (χ4v) is 9.30. The molecule has 0 amide bonds. The number of nitrogens with zero attached hydrogens (tertiary/aromatic N) is 1. The first-order valence-electron chi connectivity index (χ1n) is 19.8. The second-order valence-corrected chi connectivity index (χ2v) is 15.7. The summed E-state index contributed by atoms with van der Waals surface area (Å²) in [5.41, 5.74) is 17.5. The number of benzene rings is 9. The zero-order chi connectivity index (χ0) is 38.1. The lowest BCUT2D eigenvalue weighted by atomic mass is 9.82. The Morgan fingerprint density at radius 3 is 1.89 bits per heavy atom. The zero-order valence-electron chi connectivity index (χ0n) is 31.9. The first-order valence-corrected chi connectivity index (χ1v) is 19.8. The Labute approximate surface area is 332 Å². The molecule has 2 heteroatoms. The fraction of sp³-hybridized carbons (Fsp3) is 0.0545. The number of fused-ring (bicyclic) bond motifs is 7. The van der Waals surface area contributed by atoms with Crippen LogP contribution in [0.4, 0.5) is 17.1 Å². The molecule has 57 heavy (non-hydrogen) atoms. The minimum Gasteiger partial charge on any atom is -0.456 e. The van der Waals surface area contributed by atoms with Gasteiger partial charge in [0.25, 0.3) is 0 Å². The third-order valence-electron chi connectivity index (χ3n) is 12.1. The highest BCUT2D eigenvalue weighted by atomic mass is 16.3. The van der Waals surface area contributed by atoms with Gasteiger partial charge in [-0.1, -0.05) is 166 Å². The molecule has 0 saturated carbocycles. The van der Waals surface area contributed by atoms with E-state index in [2.05, 4.69) is 207 Å². The third kappa shape index (κ3) is 5.33. The average molecular weight is 730 g/mol. The van der Waals surface area contributed by atoms with E-state index in [1.165, 1.54) is 55.3 Å². The van der Waals surface area contributed by atoms with Crippen LogP contribution in [0.2, 0.25) is 0 Å². The van der Waals surface area contributed by atoms with Crippen molar-refractivity contribution in [1.82, 2.24) is 0 Å². The van der Waals surface area contributed by atoms with Gasteiger partial charge in [-0.15, -0.1) is 0 Å². The lowest BCUT2D eigenvalue weighted by Crippen LogP contribution is -2.14. The van der Waals surface area contributed by atoms with Crippen LogP contribution in [0.25, 0.3) is 77.2 Å². The summed E-state index contributed by atoms with van der Waals surface area (Å²) in [6.07, 6.45) is 0. The van der Waals surface area contributed by atoms with Crippen LogP contribution < -0.4 is 4.90 Å². The van der Waals surface area contributed by atoms with Crippen LogP contribution in [-0.2, 0) is 5.41 Å². The smallest absolute Gasteiger partial charge is 0.136 e. The molecular weight excluding hydrogens is 691 g/mol. The largest absolute Gasteiger partial charge is 0.456 e. The predicted molar refractivity (Wildman–Crippen MR) is 240 cm³/mol. The van der Waals surface area contributed by atoms with E-state index in [4.69, 9.17) is 4.42 Å². The minimum absolute atomic E-state index is 0.0940. The van der Waals surface area contributed by atoms with Crippen molar-refractivity contribution in [3.05, 3.63) is 211 Å².